The Morgan fingerprint density at radius 1 is 0.946 bits per heavy atom. The third-order valence-electron chi connectivity index (χ3n) is 6.14. The first-order chi connectivity index (χ1) is 18.1. The van der Waals surface area contributed by atoms with Crippen molar-refractivity contribution in [3.63, 3.8) is 0 Å². The minimum absolute atomic E-state index is 0.0144. The van der Waals surface area contributed by atoms with Gasteiger partial charge in [0.15, 0.2) is 6.61 Å². The number of carbonyl (C=O) groups excluding carboxylic acids is 2. The SMILES string of the molecule is COc1ccc(C2CC(c3ccccc3)=NN2C(=O)COC(=O)Cc2cnn(-c3ccccc3)c2)cc1. The van der Waals surface area contributed by atoms with E-state index in [0.29, 0.717) is 12.0 Å². The first-order valence-electron chi connectivity index (χ1n) is 11.9. The smallest absolute Gasteiger partial charge is 0.310 e. The van der Waals surface area contributed by atoms with E-state index < -0.39 is 12.6 Å². The molecule has 186 valence electrons. The molecule has 0 spiro atoms. The molecule has 1 unspecified atom stereocenters. The van der Waals surface area contributed by atoms with E-state index in [2.05, 4.69) is 10.2 Å². The lowest BCUT2D eigenvalue weighted by atomic mass is 9.98. The van der Waals surface area contributed by atoms with Crippen molar-refractivity contribution < 1.29 is 19.1 Å². The van der Waals surface area contributed by atoms with Crippen LogP contribution in [0.15, 0.2) is 102 Å². The maximum Gasteiger partial charge on any atom is 0.310 e. The molecule has 1 aliphatic rings. The lowest BCUT2D eigenvalue weighted by molar-refractivity contribution is -0.152. The highest BCUT2D eigenvalue weighted by Crippen LogP contribution is 2.33. The van der Waals surface area contributed by atoms with Crippen LogP contribution in [0.4, 0.5) is 0 Å². The Balaban J connectivity index is 1.26. The zero-order valence-electron chi connectivity index (χ0n) is 20.4. The molecule has 1 aromatic heterocycles. The van der Waals surface area contributed by atoms with Gasteiger partial charge in [-0.3, -0.25) is 9.59 Å². The lowest BCUT2D eigenvalue weighted by Gasteiger charge is -2.22. The summed E-state index contributed by atoms with van der Waals surface area (Å²) in [6, 6.07) is 26.6. The number of nitrogens with zero attached hydrogens (tertiary/aromatic N) is 4. The van der Waals surface area contributed by atoms with Gasteiger partial charge >= 0.3 is 5.97 Å². The van der Waals surface area contributed by atoms with Crippen LogP contribution in [0.5, 0.6) is 5.75 Å². The number of rotatable bonds is 8. The highest BCUT2D eigenvalue weighted by molar-refractivity contribution is 6.03. The summed E-state index contributed by atoms with van der Waals surface area (Å²) in [7, 11) is 1.61. The highest BCUT2D eigenvalue weighted by Gasteiger charge is 2.33. The first-order valence-corrected chi connectivity index (χ1v) is 11.9. The van der Waals surface area contributed by atoms with Crippen molar-refractivity contribution in [1.29, 1.82) is 0 Å². The van der Waals surface area contributed by atoms with Crippen molar-refractivity contribution in [3.8, 4) is 11.4 Å². The third-order valence-corrected chi connectivity index (χ3v) is 6.14. The summed E-state index contributed by atoms with van der Waals surface area (Å²) < 4.78 is 12.3. The molecule has 2 heterocycles. The average molecular weight is 495 g/mol. The fourth-order valence-corrected chi connectivity index (χ4v) is 4.23. The Kier molecular flexibility index (Phi) is 7.07. The summed E-state index contributed by atoms with van der Waals surface area (Å²) in [4.78, 5) is 25.7. The minimum atomic E-state index is -0.506. The lowest BCUT2D eigenvalue weighted by Crippen LogP contribution is -2.31. The van der Waals surface area contributed by atoms with Crippen molar-refractivity contribution in [1.82, 2.24) is 14.8 Å². The van der Waals surface area contributed by atoms with Gasteiger partial charge in [-0.1, -0.05) is 60.7 Å². The van der Waals surface area contributed by atoms with Gasteiger partial charge < -0.3 is 9.47 Å². The number of amides is 1. The molecule has 4 aromatic rings. The summed E-state index contributed by atoms with van der Waals surface area (Å²) in [5.74, 6) is -0.165. The molecular weight excluding hydrogens is 468 g/mol. The number of benzene rings is 3. The van der Waals surface area contributed by atoms with E-state index in [9.17, 15) is 9.59 Å². The molecule has 37 heavy (non-hydrogen) atoms. The van der Waals surface area contributed by atoms with Crippen LogP contribution in [0.1, 0.15) is 29.2 Å². The Morgan fingerprint density at radius 2 is 1.65 bits per heavy atom. The van der Waals surface area contributed by atoms with Crippen LogP contribution in [-0.4, -0.2) is 46.1 Å². The van der Waals surface area contributed by atoms with Crippen molar-refractivity contribution in [2.24, 2.45) is 5.10 Å². The summed E-state index contributed by atoms with van der Waals surface area (Å²) in [6.45, 7) is -0.399. The fraction of sp³-hybridized carbons (Fsp3) is 0.172. The van der Waals surface area contributed by atoms with Gasteiger partial charge in [0.25, 0.3) is 5.91 Å². The second kappa shape index (κ2) is 10.9. The van der Waals surface area contributed by atoms with Crippen molar-refractivity contribution in [2.45, 2.75) is 18.9 Å². The van der Waals surface area contributed by atoms with Crippen molar-refractivity contribution >= 4 is 17.6 Å². The molecule has 1 atom stereocenters. The number of methoxy groups -OCH3 is 1. The molecule has 0 aliphatic carbocycles. The second-order valence-electron chi connectivity index (χ2n) is 8.61. The average Bonchev–Trinajstić information content (AvgIpc) is 3.61. The first kappa shape index (κ1) is 24.0. The number of ether oxygens (including phenoxy) is 2. The number of para-hydroxylation sites is 1. The number of hydrogen-bond donors (Lipinski definition) is 0. The topological polar surface area (TPSA) is 86.0 Å². The molecule has 0 radical (unpaired) electrons. The molecule has 8 nitrogen and oxygen atoms in total. The Bertz CT molecular complexity index is 1400. The van der Waals surface area contributed by atoms with Crippen LogP contribution in [0.25, 0.3) is 5.69 Å². The fourth-order valence-electron chi connectivity index (χ4n) is 4.23. The Labute approximate surface area is 214 Å². The standard InChI is InChI=1S/C29H26N4O4/c1-36-25-14-12-23(13-15-25)27-17-26(22-8-4-2-5-9-22)31-33(27)28(34)20-37-29(35)16-21-18-30-32(19-21)24-10-6-3-7-11-24/h2-15,18-19,27H,16-17,20H2,1H3. The summed E-state index contributed by atoms with van der Waals surface area (Å²) in [6.07, 6.45) is 3.96. The number of aromatic nitrogens is 2. The summed E-state index contributed by atoms with van der Waals surface area (Å²) in [5.41, 5.74) is 4.26. The number of esters is 1. The van der Waals surface area contributed by atoms with Gasteiger partial charge in [0.1, 0.15) is 5.75 Å². The van der Waals surface area contributed by atoms with Gasteiger partial charge in [0.05, 0.1) is 37.2 Å². The van der Waals surface area contributed by atoms with Crippen molar-refractivity contribution in [2.75, 3.05) is 13.7 Å². The Morgan fingerprint density at radius 3 is 2.35 bits per heavy atom. The summed E-state index contributed by atoms with van der Waals surface area (Å²) >= 11 is 0. The van der Waals surface area contributed by atoms with E-state index in [0.717, 1.165) is 28.3 Å². The number of hydrogen-bond acceptors (Lipinski definition) is 6. The van der Waals surface area contributed by atoms with Gasteiger partial charge in [-0.25, -0.2) is 9.69 Å². The molecule has 3 aromatic carbocycles. The van der Waals surface area contributed by atoms with Crippen LogP contribution in [0.2, 0.25) is 0 Å². The molecule has 1 amide bonds. The second-order valence-corrected chi connectivity index (χ2v) is 8.61. The minimum Gasteiger partial charge on any atom is -0.497 e. The highest BCUT2D eigenvalue weighted by atomic mass is 16.5. The number of carbonyl (C=O) groups is 2. The van der Waals surface area contributed by atoms with E-state index in [4.69, 9.17) is 9.47 Å². The van der Waals surface area contributed by atoms with Crippen LogP contribution >= 0.6 is 0 Å². The molecule has 5 rings (SSSR count). The third kappa shape index (κ3) is 5.59. The van der Waals surface area contributed by atoms with E-state index in [1.54, 1.807) is 24.2 Å². The molecule has 0 N–H and O–H groups in total. The molecule has 0 saturated carbocycles. The molecule has 0 bridgehead atoms. The van der Waals surface area contributed by atoms with E-state index in [-0.39, 0.29) is 18.4 Å². The quantitative estimate of drug-likeness (QED) is 0.340. The van der Waals surface area contributed by atoms with E-state index in [1.807, 2.05) is 84.9 Å². The van der Waals surface area contributed by atoms with Gasteiger partial charge in [-0.2, -0.15) is 10.2 Å². The van der Waals surface area contributed by atoms with Gasteiger partial charge in [0, 0.05) is 18.2 Å². The maximum atomic E-state index is 13.2. The molecule has 8 heteroatoms. The van der Waals surface area contributed by atoms with Gasteiger partial charge in [0.2, 0.25) is 0 Å². The van der Waals surface area contributed by atoms with E-state index >= 15 is 0 Å². The van der Waals surface area contributed by atoms with Gasteiger partial charge in [-0.05, 0) is 35.4 Å². The zero-order valence-corrected chi connectivity index (χ0v) is 20.4. The molecule has 0 fully saturated rings. The largest absolute Gasteiger partial charge is 0.497 e. The molecule has 1 aliphatic heterocycles. The summed E-state index contributed by atoms with van der Waals surface area (Å²) in [5, 5.41) is 10.3. The van der Waals surface area contributed by atoms with Crippen molar-refractivity contribution in [3.05, 3.63) is 114 Å². The molecular formula is C29H26N4O4. The van der Waals surface area contributed by atoms with Crippen LogP contribution in [0.3, 0.4) is 0 Å². The van der Waals surface area contributed by atoms with Crippen LogP contribution in [0, 0.1) is 0 Å². The predicted molar refractivity (Wildman–Crippen MR) is 138 cm³/mol. The van der Waals surface area contributed by atoms with Crippen LogP contribution < -0.4 is 4.74 Å². The Hall–Kier alpha value is -4.72. The van der Waals surface area contributed by atoms with Crippen LogP contribution in [-0.2, 0) is 20.7 Å². The normalized spacial score (nSPS) is 14.8. The maximum absolute atomic E-state index is 13.2. The zero-order chi connectivity index (χ0) is 25.6. The van der Waals surface area contributed by atoms with E-state index in [1.165, 1.54) is 5.01 Å². The number of hydrazone groups is 1. The monoisotopic (exact) mass is 494 g/mol. The van der Waals surface area contributed by atoms with Gasteiger partial charge in [-0.15, -0.1) is 0 Å². The molecule has 0 saturated heterocycles. The predicted octanol–water partition coefficient (Wildman–Crippen LogP) is 4.34.